The Morgan fingerprint density at radius 3 is 2.67 bits per heavy atom. The number of hydrogen-bond donors (Lipinski definition) is 1. The summed E-state index contributed by atoms with van der Waals surface area (Å²) >= 11 is 6.38. The van der Waals surface area contributed by atoms with E-state index in [1.165, 1.54) is 13.2 Å². The summed E-state index contributed by atoms with van der Waals surface area (Å²) in [5, 5.41) is 4.43. The Balaban J connectivity index is 1.79. The van der Waals surface area contributed by atoms with Crippen molar-refractivity contribution >= 4 is 38.3 Å². The van der Waals surface area contributed by atoms with E-state index in [9.17, 15) is 17.2 Å². The molecule has 33 heavy (non-hydrogen) atoms. The van der Waals surface area contributed by atoms with Crippen molar-refractivity contribution in [2.75, 3.05) is 11.8 Å². The summed E-state index contributed by atoms with van der Waals surface area (Å²) in [7, 11) is -3.13. The molecule has 4 aromatic rings. The lowest BCUT2D eigenvalue weighted by Crippen LogP contribution is -2.16. The van der Waals surface area contributed by atoms with Crippen LogP contribution < -0.4 is 9.46 Å². The third-order valence-electron chi connectivity index (χ3n) is 5.66. The third kappa shape index (κ3) is 3.61. The van der Waals surface area contributed by atoms with Crippen LogP contribution in [0.25, 0.3) is 22.1 Å². The normalized spacial score (nSPS) is 15.0. The summed E-state index contributed by atoms with van der Waals surface area (Å²) in [5.41, 5.74) is 1.80. The molecule has 6 nitrogen and oxygen atoms in total. The summed E-state index contributed by atoms with van der Waals surface area (Å²) in [5.74, 6) is -2.02. The van der Waals surface area contributed by atoms with Gasteiger partial charge < -0.3 is 9.26 Å². The molecular formula is C23H17ClF2N2O4S. The van der Waals surface area contributed by atoms with Gasteiger partial charge in [-0.2, -0.15) is 0 Å². The van der Waals surface area contributed by atoms with E-state index in [1.807, 2.05) is 12.1 Å². The predicted octanol–water partition coefficient (Wildman–Crippen LogP) is 5.72. The lowest BCUT2D eigenvalue weighted by atomic mass is 9.95. The highest BCUT2D eigenvalue weighted by Crippen LogP contribution is 2.41. The summed E-state index contributed by atoms with van der Waals surface area (Å²) < 4.78 is 68.9. The number of fused-ring (bicyclic) bond motifs is 5. The minimum atomic E-state index is -4.39. The first-order chi connectivity index (χ1) is 15.8. The average molecular weight is 491 g/mol. The van der Waals surface area contributed by atoms with Gasteiger partial charge in [0, 0.05) is 17.0 Å². The van der Waals surface area contributed by atoms with Gasteiger partial charge in [0.1, 0.15) is 21.6 Å². The van der Waals surface area contributed by atoms with Crippen molar-refractivity contribution in [1.29, 1.82) is 0 Å². The summed E-state index contributed by atoms with van der Waals surface area (Å²) in [6, 6.07) is 10.3. The lowest BCUT2D eigenvalue weighted by Gasteiger charge is -2.16. The SMILES string of the molecule is COc1c2cc3c(noc3c1Cl)CCCc1ccccc1-c1cc(c(F)cc1F)NS2(=O)=O. The number of nitrogens with one attached hydrogen (secondary N) is 1. The first kappa shape index (κ1) is 21.7. The smallest absolute Gasteiger partial charge is 0.265 e. The number of sulfonamides is 1. The van der Waals surface area contributed by atoms with Crippen LogP contribution >= 0.6 is 11.6 Å². The molecule has 3 aromatic carbocycles. The molecule has 0 radical (unpaired) electrons. The average Bonchev–Trinajstić information content (AvgIpc) is 3.19. The second-order valence-corrected chi connectivity index (χ2v) is 9.68. The van der Waals surface area contributed by atoms with Crippen molar-refractivity contribution in [2.24, 2.45) is 0 Å². The number of benzene rings is 3. The molecule has 10 heteroatoms. The van der Waals surface area contributed by atoms with Crippen molar-refractivity contribution in [2.45, 2.75) is 24.2 Å². The quantitative estimate of drug-likeness (QED) is 0.369. The van der Waals surface area contributed by atoms with Gasteiger partial charge in [0.15, 0.2) is 11.3 Å². The molecule has 0 saturated heterocycles. The Kier molecular flexibility index (Phi) is 5.25. The number of methoxy groups -OCH3 is 1. The Hall–Kier alpha value is -3.17. The molecule has 0 saturated carbocycles. The van der Waals surface area contributed by atoms with Gasteiger partial charge in [0.25, 0.3) is 10.0 Å². The second-order valence-electron chi connectivity index (χ2n) is 7.66. The van der Waals surface area contributed by atoms with E-state index in [0.717, 1.165) is 11.6 Å². The van der Waals surface area contributed by atoms with E-state index in [-0.39, 0.29) is 26.8 Å². The van der Waals surface area contributed by atoms with Gasteiger partial charge in [0.2, 0.25) is 0 Å². The number of hydrogen-bond acceptors (Lipinski definition) is 5. The zero-order chi connectivity index (χ0) is 23.3. The van der Waals surface area contributed by atoms with Crippen molar-refractivity contribution in [3.63, 3.8) is 0 Å². The van der Waals surface area contributed by atoms with Crippen LogP contribution in [0.5, 0.6) is 5.75 Å². The maximum Gasteiger partial charge on any atom is 0.265 e. The van der Waals surface area contributed by atoms with Gasteiger partial charge >= 0.3 is 0 Å². The molecule has 0 spiro atoms. The fourth-order valence-corrected chi connectivity index (χ4v) is 5.73. The molecule has 4 bridgehead atoms. The Bertz CT molecular complexity index is 1520. The highest BCUT2D eigenvalue weighted by Gasteiger charge is 2.28. The number of nitrogens with zero attached hydrogens (tertiary/aromatic N) is 1. The summed E-state index contributed by atoms with van der Waals surface area (Å²) in [4.78, 5) is -0.310. The molecule has 1 aromatic heterocycles. The highest BCUT2D eigenvalue weighted by molar-refractivity contribution is 7.92. The van der Waals surface area contributed by atoms with E-state index in [2.05, 4.69) is 9.88 Å². The zero-order valence-corrected chi connectivity index (χ0v) is 18.9. The summed E-state index contributed by atoms with van der Waals surface area (Å²) in [6.07, 6.45) is 1.67. The zero-order valence-electron chi connectivity index (χ0n) is 17.3. The Labute approximate surface area is 193 Å². The van der Waals surface area contributed by atoms with Crippen LogP contribution in [-0.2, 0) is 22.9 Å². The number of halogens is 3. The largest absolute Gasteiger partial charge is 0.494 e. The van der Waals surface area contributed by atoms with Gasteiger partial charge in [-0.15, -0.1) is 0 Å². The van der Waals surface area contributed by atoms with Gasteiger partial charge in [-0.1, -0.05) is 41.0 Å². The minimum Gasteiger partial charge on any atom is -0.494 e. The van der Waals surface area contributed by atoms with E-state index < -0.39 is 27.3 Å². The van der Waals surface area contributed by atoms with Crippen molar-refractivity contribution in [1.82, 2.24) is 5.16 Å². The standard InChI is InChI=1S/C23H17ClF2N2O4S/c1-31-23-20-10-15-18(27-32-22(15)21(23)24)8-4-6-12-5-2-3-7-13(12)14-9-19(28-33(20,29)30)17(26)11-16(14)25/h2-3,5,7,9-11,28H,4,6,8H2,1H3. The second kappa shape index (κ2) is 8.00. The molecule has 0 amide bonds. The first-order valence-electron chi connectivity index (χ1n) is 10.0. The maximum atomic E-state index is 14.8. The number of aryl methyl sites for hydroxylation is 2. The predicted molar refractivity (Wildman–Crippen MR) is 120 cm³/mol. The van der Waals surface area contributed by atoms with Crippen molar-refractivity contribution in [3.05, 3.63) is 70.4 Å². The van der Waals surface area contributed by atoms with E-state index >= 15 is 0 Å². The van der Waals surface area contributed by atoms with Gasteiger partial charge in [-0.05, 0) is 42.5 Å². The van der Waals surface area contributed by atoms with E-state index in [0.29, 0.717) is 42.0 Å². The lowest BCUT2D eigenvalue weighted by molar-refractivity contribution is 0.400. The molecule has 170 valence electrons. The topological polar surface area (TPSA) is 81.4 Å². The highest BCUT2D eigenvalue weighted by atomic mass is 35.5. The van der Waals surface area contributed by atoms with Crippen LogP contribution in [0.15, 0.2) is 51.9 Å². The molecule has 1 N–H and O–H groups in total. The number of rotatable bonds is 1. The minimum absolute atomic E-state index is 0.0631. The number of ether oxygens (including phenoxy) is 1. The molecule has 0 aliphatic carbocycles. The van der Waals surface area contributed by atoms with Gasteiger partial charge in [-0.25, -0.2) is 17.2 Å². The number of aromatic nitrogens is 1. The molecule has 2 heterocycles. The number of anilines is 1. The van der Waals surface area contributed by atoms with E-state index in [4.69, 9.17) is 20.9 Å². The molecule has 5 rings (SSSR count). The van der Waals surface area contributed by atoms with Gasteiger partial charge in [-0.3, -0.25) is 4.72 Å². The van der Waals surface area contributed by atoms with Crippen LogP contribution in [-0.4, -0.2) is 20.7 Å². The first-order valence-corrected chi connectivity index (χ1v) is 11.9. The molecule has 0 atom stereocenters. The molecule has 0 unspecified atom stereocenters. The van der Waals surface area contributed by atoms with Gasteiger partial charge in [0.05, 0.1) is 18.5 Å². The molecule has 1 aliphatic heterocycles. The van der Waals surface area contributed by atoms with Crippen LogP contribution in [0.2, 0.25) is 5.02 Å². The molecule has 1 aliphatic rings. The third-order valence-corrected chi connectivity index (χ3v) is 7.38. The Morgan fingerprint density at radius 2 is 1.88 bits per heavy atom. The van der Waals surface area contributed by atoms with Crippen LogP contribution in [0.1, 0.15) is 17.7 Å². The monoisotopic (exact) mass is 490 g/mol. The fourth-order valence-electron chi connectivity index (χ4n) is 4.10. The molecular weight excluding hydrogens is 474 g/mol. The fraction of sp³-hybridized carbons (Fsp3) is 0.174. The van der Waals surface area contributed by atoms with Crippen molar-refractivity contribution < 1.29 is 26.5 Å². The van der Waals surface area contributed by atoms with Crippen LogP contribution in [0, 0.1) is 11.6 Å². The Morgan fingerprint density at radius 1 is 1.09 bits per heavy atom. The van der Waals surface area contributed by atoms with Crippen LogP contribution in [0.4, 0.5) is 14.5 Å². The molecule has 0 fully saturated rings. The maximum absolute atomic E-state index is 14.8. The van der Waals surface area contributed by atoms with Crippen LogP contribution in [0.3, 0.4) is 0 Å². The van der Waals surface area contributed by atoms with Crippen molar-refractivity contribution in [3.8, 4) is 16.9 Å². The van der Waals surface area contributed by atoms with E-state index in [1.54, 1.807) is 12.1 Å². The summed E-state index contributed by atoms with van der Waals surface area (Å²) in [6.45, 7) is 0.